The molecule has 4 N–H and O–H groups in total. The number of rotatable bonds is 4. The number of aliphatic hydroxyl groups is 1. The molecule has 1 fully saturated rings. The minimum absolute atomic E-state index is 0.187. The van der Waals surface area contributed by atoms with Crippen molar-refractivity contribution in [3.63, 3.8) is 0 Å². The highest BCUT2D eigenvalue weighted by Crippen LogP contribution is 2.29. The highest BCUT2D eigenvalue weighted by Gasteiger charge is 2.26. The molecular formula is C14H24N4O2. The Kier molecular flexibility index (Phi) is 4.65. The number of nitrogens with two attached hydrogens (primary N) is 1. The van der Waals surface area contributed by atoms with Gasteiger partial charge < -0.3 is 16.2 Å². The van der Waals surface area contributed by atoms with Gasteiger partial charge >= 0.3 is 0 Å². The van der Waals surface area contributed by atoms with Crippen molar-refractivity contribution in [1.82, 2.24) is 15.1 Å². The van der Waals surface area contributed by atoms with Crippen LogP contribution in [0.5, 0.6) is 0 Å². The van der Waals surface area contributed by atoms with Gasteiger partial charge in [-0.15, -0.1) is 0 Å². The van der Waals surface area contributed by atoms with E-state index in [4.69, 9.17) is 5.73 Å². The number of hydrogen-bond donors (Lipinski definition) is 3. The van der Waals surface area contributed by atoms with Crippen LogP contribution < -0.4 is 11.1 Å². The number of carbonyl (C=O) groups excluding carboxylic acids is 1. The van der Waals surface area contributed by atoms with Gasteiger partial charge in [0.1, 0.15) is 5.69 Å². The lowest BCUT2D eigenvalue weighted by molar-refractivity contribution is 0.0901. The third kappa shape index (κ3) is 2.95. The first kappa shape index (κ1) is 14.8. The topological polar surface area (TPSA) is 93.2 Å². The molecule has 112 valence electrons. The summed E-state index contributed by atoms with van der Waals surface area (Å²) in [4.78, 5) is 12.2. The number of carbonyl (C=O) groups is 1. The number of nitrogens with one attached hydrogen (secondary N) is 1. The molecule has 0 bridgehead atoms. The van der Waals surface area contributed by atoms with Crippen molar-refractivity contribution in [3.05, 3.63) is 11.4 Å². The molecule has 1 saturated carbocycles. The van der Waals surface area contributed by atoms with Crippen molar-refractivity contribution in [2.75, 3.05) is 18.9 Å². The number of aromatic nitrogens is 2. The van der Waals surface area contributed by atoms with Crippen LogP contribution >= 0.6 is 0 Å². The van der Waals surface area contributed by atoms with Gasteiger partial charge in [-0.2, -0.15) is 5.10 Å². The van der Waals surface area contributed by atoms with Gasteiger partial charge in [0, 0.05) is 20.2 Å². The maximum absolute atomic E-state index is 12.2. The third-order valence-corrected chi connectivity index (χ3v) is 4.31. The molecule has 1 aliphatic carbocycles. The highest BCUT2D eigenvalue weighted by molar-refractivity contribution is 5.97. The molecule has 6 heteroatoms. The van der Waals surface area contributed by atoms with Gasteiger partial charge in [-0.3, -0.25) is 9.48 Å². The smallest absolute Gasteiger partial charge is 0.271 e. The summed E-state index contributed by atoms with van der Waals surface area (Å²) in [5.41, 5.74) is 7.41. The predicted octanol–water partition coefficient (Wildman–Crippen LogP) is 0.839. The summed E-state index contributed by atoms with van der Waals surface area (Å²) in [7, 11) is 1.72. The Hall–Kier alpha value is -1.56. The van der Waals surface area contributed by atoms with Crippen LogP contribution in [0.4, 0.5) is 5.69 Å². The van der Waals surface area contributed by atoms with Gasteiger partial charge in [-0.05, 0) is 31.6 Å². The van der Waals surface area contributed by atoms with Crippen LogP contribution in [-0.4, -0.2) is 33.9 Å². The number of nitrogen functional groups attached to an aromatic ring is 1. The zero-order chi connectivity index (χ0) is 14.7. The zero-order valence-corrected chi connectivity index (χ0v) is 12.2. The molecule has 0 saturated heterocycles. The molecule has 2 unspecified atom stereocenters. The Morgan fingerprint density at radius 3 is 2.65 bits per heavy atom. The van der Waals surface area contributed by atoms with Crippen molar-refractivity contribution >= 4 is 11.6 Å². The highest BCUT2D eigenvalue weighted by atomic mass is 16.3. The second-order valence-electron chi connectivity index (χ2n) is 5.67. The lowest BCUT2D eigenvalue weighted by Crippen LogP contribution is -2.36. The summed E-state index contributed by atoms with van der Waals surface area (Å²) in [5, 5.41) is 16.5. The normalized spacial score (nSPS) is 22.8. The van der Waals surface area contributed by atoms with E-state index in [1.54, 1.807) is 14.0 Å². The maximum Gasteiger partial charge on any atom is 0.271 e. The molecule has 6 nitrogen and oxygen atoms in total. The summed E-state index contributed by atoms with van der Waals surface area (Å²) >= 11 is 0. The number of hydrogen-bond acceptors (Lipinski definition) is 4. The van der Waals surface area contributed by atoms with E-state index in [-0.39, 0.29) is 12.5 Å². The summed E-state index contributed by atoms with van der Waals surface area (Å²) < 4.78 is 1.52. The summed E-state index contributed by atoms with van der Waals surface area (Å²) in [5.74, 6) is 0.468. The fourth-order valence-electron chi connectivity index (χ4n) is 3.04. The Morgan fingerprint density at radius 1 is 1.45 bits per heavy atom. The Morgan fingerprint density at radius 2 is 2.10 bits per heavy atom. The molecule has 0 aromatic carbocycles. The van der Waals surface area contributed by atoms with Crippen LogP contribution in [-0.2, 0) is 7.05 Å². The fraction of sp³-hybridized carbons (Fsp3) is 0.714. The van der Waals surface area contributed by atoms with E-state index in [0.29, 0.717) is 35.5 Å². The summed E-state index contributed by atoms with van der Waals surface area (Å²) in [6.45, 7) is 2.58. The van der Waals surface area contributed by atoms with Crippen molar-refractivity contribution < 1.29 is 9.90 Å². The van der Waals surface area contributed by atoms with Crippen LogP contribution in [0.2, 0.25) is 0 Å². The second-order valence-corrected chi connectivity index (χ2v) is 5.67. The maximum atomic E-state index is 12.2. The van der Waals surface area contributed by atoms with E-state index in [1.807, 2.05) is 0 Å². The zero-order valence-electron chi connectivity index (χ0n) is 12.2. The van der Waals surface area contributed by atoms with Crippen molar-refractivity contribution in [2.45, 2.75) is 32.6 Å². The lowest BCUT2D eigenvalue weighted by atomic mass is 9.79. The minimum Gasteiger partial charge on any atom is -0.396 e. The number of aliphatic hydroxyl groups excluding tert-OH is 1. The van der Waals surface area contributed by atoms with Crippen LogP contribution in [0.25, 0.3) is 0 Å². The van der Waals surface area contributed by atoms with E-state index in [2.05, 4.69) is 10.4 Å². The first-order chi connectivity index (χ1) is 9.54. The third-order valence-electron chi connectivity index (χ3n) is 4.31. The standard InChI is InChI=1S/C14H24N4O2/c1-9-12(15)13(18(2)17-9)14(20)16-7-10-5-3-4-6-11(10)8-19/h10-11,19H,3-8,15H2,1-2H3,(H,16,20). The molecule has 1 aliphatic rings. The number of nitrogens with zero attached hydrogens (tertiary/aromatic N) is 2. The van der Waals surface area contributed by atoms with E-state index < -0.39 is 0 Å². The fourth-order valence-corrected chi connectivity index (χ4v) is 3.04. The molecule has 1 heterocycles. The predicted molar refractivity (Wildman–Crippen MR) is 77.2 cm³/mol. The quantitative estimate of drug-likeness (QED) is 0.762. The minimum atomic E-state index is -0.187. The molecule has 20 heavy (non-hydrogen) atoms. The van der Waals surface area contributed by atoms with Crippen LogP contribution in [0.3, 0.4) is 0 Å². The Bertz CT molecular complexity index is 484. The first-order valence-electron chi connectivity index (χ1n) is 7.22. The van der Waals surface area contributed by atoms with Gasteiger partial charge in [-0.25, -0.2) is 0 Å². The molecule has 1 amide bonds. The number of aryl methyl sites for hydroxylation is 2. The van der Waals surface area contributed by atoms with Gasteiger partial charge in [0.05, 0.1) is 11.4 Å². The summed E-state index contributed by atoms with van der Waals surface area (Å²) in [6.07, 6.45) is 4.45. The van der Waals surface area contributed by atoms with E-state index in [0.717, 1.165) is 12.8 Å². The van der Waals surface area contributed by atoms with Crippen LogP contribution in [0.15, 0.2) is 0 Å². The molecular weight excluding hydrogens is 256 g/mol. The SMILES string of the molecule is Cc1nn(C)c(C(=O)NCC2CCCCC2CO)c1N. The summed E-state index contributed by atoms with van der Waals surface area (Å²) in [6, 6.07) is 0. The van der Waals surface area contributed by atoms with Gasteiger partial charge in [0.15, 0.2) is 0 Å². The molecule has 0 spiro atoms. The molecule has 2 rings (SSSR count). The van der Waals surface area contributed by atoms with Crippen molar-refractivity contribution in [1.29, 1.82) is 0 Å². The van der Waals surface area contributed by atoms with E-state index in [1.165, 1.54) is 17.5 Å². The van der Waals surface area contributed by atoms with Gasteiger partial charge in [-0.1, -0.05) is 12.8 Å². The van der Waals surface area contributed by atoms with Crippen molar-refractivity contribution in [2.24, 2.45) is 18.9 Å². The molecule has 0 radical (unpaired) electrons. The molecule has 2 atom stereocenters. The number of anilines is 1. The average Bonchev–Trinajstić information content (AvgIpc) is 2.70. The van der Waals surface area contributed by atoms with Crippen LogP contribution in [0.1, 0.15) is 41.9 Å². The number of amides is 1. The lowest BCUT2D eigenvalue weighted by Gasteiger charge is -2.30. The van der Waals surface area contributed by atoms with Crippen LogP contribution in [0, 0.1) is 18.8 Å². The van der Waals surface area contributed by atoms with Gasteiger partial charge in [0.25, 0.3) is 5.91 Å². The van der Waals surface area contributed by atoms with E-state index in [9.17, 15) is 9.90 Å². The second kappa shape index (κ2) is 6.26. The molecule has 1 aromatic heterocycles. The Labute approximate surface area is 119 Å². The Balaban J connectivity index is 1.98. The average molecular weight is 280 g/mol. The first-order valence-corrected chi connectivity index (χ1v) is 7.22. The van der Waals surface area contributed by atoms with Crippen molar-refractivity contribution in [3.8, 4) is 0 Å². The largest absolute Gasteiger partial charge is 0.396 e. The monoisotopic (exact) mass is 280 g/mol. The van der Waals surface area contributed by atoms with E-state index >= 15 is 0 Å². The molecule has 1 aromatic rings. The van der Waals surface area contributed by atoms with Gasteiger partial charge in [0.2, 0.25) is 0 Å². The molecule has 0 aliphatic heterocycles.